The van der Waals surface area contributed by atoms with Crippen LogP contribution in [-0.4, -0.2) is 17.0 Å². The molecule has 1 N–H and O–H groups in total. The van der Waals surface area contributed by atoms with Crippen molar-refractivity contribution in [3.63, 3.8) is 0 Å². The van der Waals surface area contributed by atoms with Crippen LogP contribution in [0.5, 0.6) is 5.75 Å². The molecule has 0 unspecified atom stereocenters. The highest BCUT2D eigenvalue weighted by atomic mass is 16.5. The number of rotatable bonds is 7. The second-order valence-corrected chi connectivity index (χ2v) is 6.34. The molecule has 0 aliphatic heterocycles. The molecule has 0 bridgehead atoms. The van der Waals surface area contributed by atoms with Crippen LogP contribution in [0.25, 0.3) is 0 Å². The summed E-state index contributed by atoms with van der Waals surface area (Å²) in [6.45, 7) is 3.15. The molecule has 0 fully saturated rings. The number of nitrogens with zero attached hydrogens (tertiary/aromatic N) is 1. The molecular weight excluding hydrogens is 324 g/mol. The average Bonchev–Trinajstić information content (AvgIpc) is 3.01. The van der Waals surface area contributed by atoms with Crippen LogP contribution in [0.15, 0.2) is 66.7 Å². The van der Waals surface area contributed by atoms with Crippen molar-refractivity contribution in [2.75, 3.05) is 6.54 Å². The predicted octanol–water partition coefficient (Wildman–Crippen LogP) is 3.89. The monoisotopic (exact) mass is 348 g/mol. The highest BCUT2D eigenvalue weighted by Crippen LogP contribution is 2.14. The normalized spacial score (nSPS) is 10.5. The van der Waals surface area contributed by atoms with Gasteiger partial charge in [-0.3, -0.25) is 4.79 Å². The first-order chi connectivity index (χ1) is 12.6. The van der Waals surface area contributed by atoms with Crippen molar-refractivity contribution in [2.45, 2.75) is 20.0 Å². The molecule has 26 heavy (non-hydrogen) atoms. The van der Waals surface area contributed by atoms with E-state index >= 15 is 0 Å². The number of carbonyl (C=O) groups excluding carboxylic acids is 1. The maximum absolute atomic E-state index is 12.2. The molecule has 2 aromatic carbocycles. The number of benzene rings is 2. The minimum Gasteiger partial charge on any atom is -0.489 e. The van der Waals surface area contributed by atoms with Gasteiger partial charge in [0.1, 0.15) is 18.1 Å². The summed E-state index contributed by atoms with van der Waals surface area (Å²) in [5.41, 5.74) is 4.07. The Bertz CT molecular complexity index is 852. The Labute approximate surface area is 154 Å². The lowest BCUT2D eigenvalue weighted by atomic mass is 10.1. The van der Waals surface area contributed by atoms with Crippen LogP contribution in [-0.2, 0) is 20.1 Å². The Balaban J connectivity index is 1.45. The van der Waals surface area contributed by atoms with E-state index in [4.69, 9.17) is 4.74 Å². The van der Waals surface area contributed by atoms with Crippen molar-refractivity contribution in [1.29, 1.82) is 0 Å². The number of ether oxygens (including phenoxy) is 1. The van der Waals surface area contributed by atoms with E-state index in [0.29, 0.717) is 18.8 Å². The Morgan fingerprint density at radius 3 is 2.35 bits per heavy atom. The molecule has 134 valence electrons. The maximum Gasteiger partial charge on any atom is 0.267 e. The molecule has 0 saturated carbocycles. The fourth-order valence-electron chi connectivity index (χ4n) is 2.75. The molecule has 1 amide bonds. The zero-order chi connectivity index (χ0) is 18.4. The molecule has 0 spiro atoms. The van der Waals surface area contributed by atoms with Crippen molar-refractivity contribution < 1.29 is 9.53 Å². The van der Waals surface area contributed by atoms with E-state index in [9.17, 15) is 4.79 Å². The molecule has 3 aromatic rings. The molecule has 1 aromatic heterocycles. The highest BCUT2D eigenvalue weighted by Gasteiger charge is 2.09. The smallest absolute Gasteiger partial charge is 0.267 e. The number of aromatic nitrogens is 1. The first-order valence-corrected chi connectivity index (χ1v) is 8.79. The molecule has 0 radical (unpaired) electrons. The average molecular weight is 348 g/mol. The highest BCUT2D eigenvalue weighted by molar-refractivity contribution is 5.92. The number of hydrogen-bond donors (Lipinski definition) is 1. The van der Waals surface area contributed by atoms with Crippen LogP contribution >= 0.6 is 0 Å². The van der Waals surface area contributed by atoms with Gasteiger partial charge in [-0.2, -0.15) is 0 Å². The molecule has 1 heterocycles. The topological polar surface area (TPSA) is 43.3 Å². The standard InChI is InChI=1S/C22H24N2O2/c1-17-8-13-21(24(17)2)22(25)23-15-14-18-9-11-20(12-10-18)26-16-19-6-4-3-5-7-19/h3-13H,14-16H2,1-2H3,(H,23,25). The Hall–Kier alpha value is -3.01. The summed E-state index contributed by atoms with van der Waals surface area (Å²) in [4.78, 5) is 12.2. The summed E-state index contributed by atoms with van der Waals surface area (Å²) in [6, 6.07) is 21.9. The third-order valence-electron chi connectivity index (χ3n) is 4.48. The van der Waals surface area contributed by atoms with Crippen molar-refractivity contribution in [3.8, 4) is 5.75 Å². The molecule has 0 aliphatic carbocycles. The fourth-order valence-corrected chi connectivity index (χ4v) is 2.75. The summed E-state index contributed by atoms with van der Waals surface area (Å²) < 4.78 is 7.69. The van der Waals surface area contributed by atoms with E-state index in [1.54, 1.807) is 0 Å². The van der Waals surface area contributed by atoms with Crippen LogP contribution in [0.1, 0.15) is 27.3 Å². The van der Waals surface area contributed by atoms with Crippen LogP contribution in [0, 0.1) is 6.92 Å². The molecule has 4 nitrogen and oxygen atoms in total. The third-order valence-corrected chi connectivity index (χ3v) is 4.48. The van der Waals surface area contributed by atoms with Gasteiger partial charge >= 0.3 is 0 Å². The van der Waals surface area contributed by atoms with E-state index in [1.807, 2.05) is 85.3 Å². The van der Waals surface area contributed by atoms with Crippen molar-refractivity contribution in [1.82, 2.24) is 9.88 Å². The summed E-state index contributed by atoms with van der Waals surface area (Å²) in [5, 5.41) is 2.97. The van der Waals surface area contributed by atoms with Crippen LogP contribution in [0.2, 0.25) is 0 Å². The quantitative estimate of drug-likeness (QED) is 0.704. The van der Waals surface area contributed by atoms with E-state index in [-0.39, 0.29) is 5.91 Å². The van der Waals surface area contributed by atoms with Gasteiger partial charge in [-0.1, -0.05) is 42.5 Å². The Kier molecular flexibility index (Phi) is 5.74. The summed E-state index contributed by atoms with van der Waals surface area (Å²) >= 11 is 0. The third kappa shape index (κ3) is 4.54. The number of hydrogen-bond acceptors (Lipinski definition) is 2. The zero-order valence-electron chi connectivity index (χ0n) is 15.2. The largest absolute Gasteiger partial charge is 0.489 e. The number of aryl methyl sites for hydroxylation is 1. The molecule has 4 heteroatoms. The first-order valence-electron chi connectivity index (χ1n) is 8.79. The SMILES string of the molecule is Cc1ccc(C(=O)NCCc2ccc(OCc3ccccc3)cc2)n1C. The van der Waals surface area contributed by atoms with E-state index in [0.717, 1.165) is 23.4 Å². The summed E-state index contributed by atoms with van der Waals surface area (Å²) in [6.07, 6.45) is 0.786. The molecule has 0 saturated heterocycles. The minimum absolute atomic E-state index is 0.0385. The van der Waals surface area contributed by atoms with Crippen LogP contribution in [0.4, 0.5) is 0 Å². The van der Waals surface area contributed by atoms with Gasteiger partial charge < -0.3 is 14.6 Å². The lowest BCUT2D eigenvalue weighted by Gasteiger charge is -2.09. The van der Waals surface area contributed by atoms with Crippen LogP contribution in [0.3, 0.4) is 0 Å². The van der Waals surface area contributed by atoms with Gasteiger partial charge in [0, 0.05) is 19.3 Å². The number of amides is 1. The maximum atomic E-state index is 12.2. The number of nitrogens with one attached hydrogen (secondary N) is 1. The van der Waals surface area contributed by atoms with Gasteiger partial charge in [-0.25, -0.2) is 0 Å². The Morgan fingerprint density at radius 1 is 0.962 bits per heavy atom. The van der Waals surface area contributed by atoms with Gasteiger partial charge in [-0.05, 0) is 48.7 Å². The van der Waals surface area contributed by atoms with Gasteiger partial charge in [0.05, 0.1) is 0 Å². The fraction of sp³-hybridized carbons (Fsp3) is 0.227. The lowest BCUT2D eigenvalue weighted by Crippen LogP contribution is -2.27. The molecule has 3 rings (SSSR count). The lowest BCUT2D eigenvalue weighted by molar-refractivity contribution is 0.0946. The van der Waals surface area contributed by atoms with Gasteiger partial charge in [0.2, 0.25) is 0 Å². The summed E-state index contributed by atoms with van der Waals surface area (Å²) in [7, 11) is 1.90. The molecule has 0 atom stereocenters. The van der Waals surface area contributed by atoms with E-state index in [2.05, 4.69) is 5.32 Å². The summed E-state index contributed by atoms with van der Waals surface area (Å²) in [5.74, 6) is 0.810. The second kappa shape index (κ2) is 8.39. The molecular formula is C22H24N2O2. The van der Waals surface area contributed by atoms with E-state index in [1.165, 1.54) is 5.56 Å². The Morgan fingerprint density at radius 2 is 1.69 bits per heavy atom. The van der Waals surface area contributed by atoms with E-state index < -0.39 is 0 Å². The van der Waals surface area contributed by atoms with Crippen molar-refractivity contribution in [3.05, 3.63) is 89.2 Å². The predicted molar refractivity (Wildman–Crippen MR) is 103 cm³/mol. The minimum atomic E-state index is -0.0385. The van der Waals surface area contributed by atoms with Crippen molar-refractivity contribution in [2.24, 2.45) is 7.05 Å². The zero-order valence-corrected chi connectivity index (χ0v) is 15.2. The number of carbonyl (C=O) groups is 1. The van der Waals surface area contributed by atoms with Gasteiger partial charge in [0.15, 0.2) is 0 Å². The first kappa shape index (κ1) is 17.8. The van der Waals surface area contributed by atoms with Crippen molar-refractivity contribution >= 4 is 5.91 Å². The van der Waals surface area contributed by atoms with Gasteiger partial charge in [0.25, 0.3) is 5.91 Å². The second-order valence-electron chi connectivity index (χ2n) is 6.34. The molecule has 0 aliphatic rings. The van der Waals surface area contributed by atoms with Gasteiger partial charge in [-0.15, -0.1) is 0 Å². The van der Waals surface area contributed by atoms with Crippen LogP contribution < -0.4 is 10.1 Å².